The Hall–Kier alpha value is -2.24. The number of amides is 2. The van der Waals surface area contributed by atoms with E-state index >= 15 is 0 Å². The molecule has 20 heavy (non-hydrogen) atoms. The van der Waals surface area contributed by atoms with E-state index in [0.717, 1.165) is 0 Å². The molecule has 4 N–H and O–H groups in total. The quantitative estimate of drug-likeness (QED) is 0.680. The van der Waals surface area contributed by atoms with Gasteiger partial charge in [-0.25, -0.2) is 0 Å². The molecule has 1 saturated heterocycles. The van der Waals surface area contributed by atoms with Crippen LogP contribution in [0.4, 0.5) is 5.69 Å². The Morgan fingerprint density at radius 3 is 2.80 bits per heavy atom. The van der Waals surface area contributed by atoms with Crippen molar-refractivity contribution >= 4 is 17.5 Å². The summed E-state index contributed by atoms with van der Waals surface area (Å²) in [5, 5.41) is 5.61. The predicted octanol–water partition coefficient (Wildman–Crippen LogP) is 0.432. The lowest BCUT2D eigenvalue weighted by Crippen LogP contribution is -2.47. The number of carbonyl (C=O) groups excluding carboxylic acids is 2. The zero-order chi connectivity index (χ0) is 14.4. The number of nitrogens with two attached hydrogens (primary N) is 1. The Kier molecular flexibility index (Phi) is 4.81. The van der Waals surface area contributed by atoms with Gasteiger partial charge in [0.25, 0.3) is 0 Å². The van der Waals surface area contributed by atoms with Gasteiger partial charge in [0.1, 0.15) is 5.75 Å². The number of carbonyl (C=O) groups is 2. The molecule has 1 aliphatic heterocycles. The summed E-state index contributed by atoms with van der Waals surface area (Å²) in [5.41, 5.74) is 6.24. The van der Waals surface area contributed by atoms with Gasteiger partial charge in [0.15, 0.2) is 0 Å². The first-order chi connectivity index (χ1) is 9.63. The van der Waals surface area contributed by atoms with Crippen LogP contribution in [-0.4, -0.2) is 31.0 Å². The summed E-state index contributed by atoms with van der Waals surface area (Å²) >= 11 is 0. The Morgan fingerprint density at radius 2 is 2.15 bits per heavy atom. The standard InChI is InChI=1S/C14H19N3O3/c15-10-1-4-12(5-2-10)20-8-7-14(19)17-11-3-6-13(18)16-9-11/h1-2,4-5,11H,3,6-9,15H2,(H,16,18)(H,17,19). The number of hydrogen-bond donors (Lipinski definition) is 3. The van der Waals surface area contributed by atoms with Crippen molar-refractivity contribution in [3.8, 4) is 5.75 Å². The fourth-order valence-corrected chi connectivity index (χ4v) is 1.98. The van der Waals surface area contributed by atoms with E-state index in [2.05, 4.69) is 10.6 Å². The number of piperidine rings is 1. The Morgan fingerprint density at radius 1 is 1.40 bits per heavy atom. The molecule has 0 aromatic heterocycles. The highest BCUT2D eigenvalue weighted by Gasteiger charge is 2.19. The molecule has 1 aliphatic rings. The smallest absolute Gasteiger partial charge is 0.223 e. The average Bonchev–Trinajstić information content (AvgIpc) is 2.44. The molecule has 1 atom stereocenters. The summed E-state index contributed by atoms with van der Waals surface area (Å²) in [4.78, 5) is 22.7. The molecule has 6 nitrogen and oxygen atoms in total. The fourth-order valence-electron chi connectivity index (χ4n) is 1.98. The summed E-state index contributed by atoms with van der Waals surface area (Å²) < 4.78 is 5.45. The second-order valence-corrected chi connectivity index (χ2v) is 4.77. The Bertz CT molecular complexity index is 463. The minimum absolute atomic E-state index is 0.0247. The summed E-state index contributed by atoms with van der Waals surface area (Å²) in [6.45, 7) is 0.818. The van der Waals surface area contributed by atoms with Gasteiger partial charge in [-0.05, 0) is 30.7 Å². The van der Waals surface area contributed by atoms with Gasteiger partial charge in [-0.2, -0.15) is 0 Å². The van der Waals surface area contributed by atoms with Crippen LogP contribution in [0.1, 0.15) is 19.3 Å². The molecule has 2 rings (SSSR count). The molecule has 1 heterocycles. The number of ether oxygens (including phenoxy) is 1. The average molecular weight is 277 g/mol. The fraction of sp³-hybridized carbons (Fsp3) is 0.429. The van der Waals surface area contributed by atoms with Gasteiger partial charge < -0.3 is 21.1 Å². The lowest BCUT2D eigenvalue weighted by molar-refractivity contribution is -0.125. The predicted molar refractivity (Wildman–Crippen MR) is 75.1 cm³/mol. The molecule has 0 spiro atoms. The van der Waals surface area contributed by atoms with Crippen LogP contribution >= 0.6 is 0 Å². The van der Waals surface area contributed by atoms with Gasteiger partial charge in [-0.1, -0.05) is 0 Å². The molecule has 1 aromatic rings. The van der Waals surface area contributed by atoms with Crippen molar-refractivity contribution in [2.75, 3.05) is 18.9 Å². The van der Waals surface area contributed by atoms with Gasteiger partial charge in [0.2, 0.25) is 11.8 Å². The number of nitrogens with one attached hydrogen (secondary N) is 2. The first kappa shape index (κ1) is 14.2. The lowest BCUT2D eigenvalue weighted by Gasteiger charge is -2.23. The number of anilines is 1. The Balaban J connectivity index is 1.65. The van der Waals surface area contributed by atoms with Crippen LogP contribution in [-0.2, 0) is 9.59 Å². The largest absolute Gasteiger partial charge is 0.493 e. The third-order valence-corrected chi connectivity index (χ3v) is 3.11. The van der Waals surface area contributed by atoms with Crippen molar-refractivity contribution in [1.29, 1.82) is 0 Å². The molecule has 1 fully saturated rings. The molecule has 2 amide bonds. The topological polar surface area (TPSA) is 93.4 Å². The maximum atomic E-state index is 11.7. The molecule has 6 heteroatoms. The van der Waals surface area contributed by atoms with Gasteiger partial charge in [0, 0.05) is 24.7 Å². The molecule has 0 aliphatic carbocycles. The van der Waals surface area contributed by atoms with Gasteiger partial charge in [-0.3, -0.25) is 9.59 Å². The summed E-state index contributed by atoms with van der Waals surface area (Å²) in [7, 11) is 0. The van der Waals surface area contributed by atoms with E-state index in [1.807, 2.05) is 0 Å². The highest BCUT2D eigenvalue weighted by atomic mass is 16.5. The molecule has 0 saturated carbocycles. The monoisotopic (exact) mass is 277 g/mol. The van der Waals surface area contributed by atoms with E-state index in [4.69, 9.17) is 10.5 Å². The van der Waals surface area contributed by atoms with E-state index in [9.17, 15) is 9.59 Å². The number of hydrogen-bond acceptors (Lipinski definition) is 4. The lowest BCUT2D eigenvalue weighted by atomic mass is 10.1. The van der Waals surface area contributed by atoms with Crippen molar-refractivity contribution in [2.24, 2.45) is 0 Å². The SMILES string of the molecule is Nc1ccc(OCCC(=O)NC2CCC(=O)NC2)cc1. The molecule has 1 unspecified atom stereocenters. The van der Waals surface area contributed by atoms with Crippen LogP contribution in [0.25, 0.3) is 0 Å². The maximum Gasteiger partial charge on any atom is 0.223 e. The summed E-state index contributed by atoms with van der Waals surface area (Å²) in [5.74, 6) is 0.667. The number of nitrogen functional groups attached to an aromatic ring is 1. The molecule has 1 aromatic carbocycles. The van der Waals surface area contributed by atoms with Crippen molar-refractivity contribution < 1.29 is 14.3 Å². The van der Waals surface area contributed by atoms with Crippen LogP contribution in [0.5, 0.6) is 5.75 Å². The zero-order valence-electron chi connectivity index (χ0n) is 11.2. The van der Waals surface area contributed by atoms with Crippen molar-refractivity contribution in [1.82, 2.24) is 10.6 Å². The third kappa shape index (κ3) is 4.46. The molecular weight excluding hydrogens is 258 g/mol. The minimum Gasteiger partial charge on any atom is -0.493 e. The van der Waals surface area contributed by atoms with E-state index < -0.39 is 0 Å². The summed E-state index contributed by atoms with van der Waals surface area (Å²) in [6.07, 6.45) is 1.44. The van der Waals surface area contributed by atoms with Crippen molar-refractivity contribution in [2.45, 2.75) is 25.3 Å². The molecular formula is C14H19N3O3. The van der Waals surface area contributed by atoms with Crippen LogP contribution in [0, 0.1) is 0 Å². The van der Waals surface area contributed by atoms with Gasteiger partial charge in [0.05, 0.1) is 13.0 Å². The van der Waals surface area contributed by atoms with E-state index in [1.165, 1.54) is 0 Å². The van der Waals surface area contributed by atoms with Crippen LogP contribution in [0.2, 0.25) is 0 Å². The Labute approximate surface area is 117 Å². The molecule has 0 bridgehead atoms. The third-order valence-electron chi connectivity index (χ3n) is 3.11. The highest BCUT2D eigenvalue weighted by molar-refractivity contribution is 5.79. The van der Waals surface area contributed by atoms with Crippen molar-refractivity contribution in [3.63, 3.8) is 0 Å². The van der Waals surface area contributed by atoms with E-state index in [1.54, 1.807) is 24.3 Å². The summed E-state index contributed by atoms with van der Waals surface area (Å²) in [6, 6.07) is 7.06. The number of benzene rings is 1. The number of rotatable bonds is 5. The second kappa shape index (κ2) is 6.79. The second-order valence-electron chi connectivity index (χ2n) is 4.77. The normalized spacial score (nSPS) is 18.2. The molecule has 108 valence electrons. The maximum absolute atomic E-state index is 11.7. The molecule has 0 radical (unpaired) electrons. The van der Waals surface area contributed by atoms with Crippen LogP contribution < -0.4 is 21.1 Å². The van der Waals surface area contributed by atoms with Crippen LogP contribution in [0.3, 0.4) is 0 Å². The van der Waals surface area contributed by atoms with Crippen molar-refractivity contribution in [3.05, 3.63) is 24.3 Å². The minimum atomic E-state index is -0.0680. The van der Waals surface area contributed by atoms with E-state index in [-0.39, 0.29) is 24.3 Å². The van der Waals surface area contributed by atoms with E-state index in [0.29, 0.717) is 37.4 Å². The first-order valence-corrected chi connectivity index (χ1v) is 6.68. The zero-order valence-corrected chi connectivity index (χ0v) is 11.2. The highest BCUT2D eigenvalue weighted by Crippen LogP contribution is 2.13. The van der Waals surface area contributed by atoms with Gasteiger partial charge in [-0.15, -0.1) is 0 Å². The van der Waals surface area contributed by atoms with Crippen LogP contribution in [0.15, 0.2) is 24.3 Å². The van der Waals surface area contributed by atoms with Gasteiger partial charge >= 0.3 is 0 Å². The first-order valence-electron chi connectivity index (χ1n) is 6.68.